The van der Waals surface area contributed by atoms with Gasteiger partial charge < -0.3 is 4.57 Å². The average molecular weight is 425 g/mol. The van der Waals surface area contributed by atoms with Crippen molar-refractivity contribution in [2.75, 3.05) is 6.54 Å². The molecule has 31 heavy (non-hydrogen) atoms. The van der Waals surface area contributed by atoms with Crippen LogP contribution in [0.15, 0.2) is 65.7 Å². The molecular formula is C24H15N3O3S. The molecule has 3 amide bonds. The van der Waals surface area contributed by atoms with Crippen molar-refractivity contribution in [2.24, 2.45) is 4.99 Å². The average Bonchev–Trinajstić information content (AvgIpc) is 3.25. The minimum absolute atomic E-state index is 0.247. The second kappa shape index (κ2) is 7.35. The number of carbonyl (C=O) groups is 3. The third kappa shape index (κ3) is 3.05. The second-order valence-electron chi connectivity index (χ2n) is 7.06. The van der Waals surface area contributed by atoms with Crippen molar-refractivity contribution in [3.63, 3.8) is 0 Å². The molecule has 0 fully saturated rings. The maximum Gasteiger partial charge on any atom is 0.268 e. The zero-order valence-electron chi connectivity index (χ0n) is 16.2. The molecule has 1 aliphatic rings. The van der Waals surface area contributed by atoms with E-state index >= 15 is 0 Å². The molecule has 6 nitrogen and oxygen atoms in total. The first kappa shape index (κ1) is 19.0. The Balaban J connectivity index is 1.55. The molecule has 150 valence electrons. The molecule has 5 rings (SSSR count). The molecule has 1 aromatic heterocycles. The van der Waals surface area contributed by atoms with Crippen LogP contribution in [-0.4, -0.2) is 33.7 Å². The number of fused-ring (bicyclic) bond motifs is 4. The molecule has 3 aromatic carbocycles. The van der Waals surface area contributed by atoms with E-state index in [2.05, 4.69) is 10.9 Å². The minimum atomic E-state index is -0.587. The van der Waals surface area contributed by atoms with Crippen molar-refractivity contribution >= 4 is 50.0 Å². The van der Waals surface area contributed by atoms with Gasteiger partial charge in [0.25, 0.3) is 17.7 Å². The highest BCUT2D eigenvalue weighted by Crippen LogP contribution is 2.27. The molecule has 0 atom stereocenters. The Morgan fingerprint density at radius 2 is 1.65 bits per heavy atom. The van der Waals surface area contributed by atoms with Crippen molar-refractivity contribution in [2.45, 2.75) is 6.54 Å². The molecule has 4 aromatic rings. The lowest BCUT2D eigenvalue weighted by Crippen LogP contribution is -2.35. The van der Waals surface area contributed by atoms with Gasteiger partial charge in [-0.3, -0.25) is 19.3 Å². The summed E-state index contributed by atoms with van der Waals surface area (Å²) in [7, 11) is 0. The highest BCUT2D eigenvalue weighted by Gasteiger charge is 2.36. The van der Waals surface area contributed by atoms with Gasteiger partial charge in [0.05, 0.1) is 27.9 Å². The molecular weight excluding hydrogens is 410 g/mol. The zero-order valence-corrected chi connectivity index (χ0v) is 17.1. The van der Waals surface area contributed by atoms with Crippen molar-refractivity contribution < 1.29 is 14.4 Å². The van der Waals surface area contributed by atoms with E-state index in [1.807, 2.05) is 36.4 Å². The van der Waals surface area contributed by atoms with E-state index in [1.54, 1.807) is 28.8 Å². The number of amides is 3. The SMILES string of the molecule is C#CCn1c(=NC(=O)CN2C(=O)c3ccccc3C2=O)sc2c3ccccc3ccc21. The summed E-state index contributed by atoms with van der Waals surface area (Å²) >= 11 is 1.36. The molecule has 0 saturated heterocycles. The normalized spacial score (nSPS) is 13.8. The summed E-state index contributed by atoms with van der Waals surface area (Å²) in [5, 5.41) is 2.12. The van der Waals surface area contributed by atoms with Crippen LogP contribution < -0.4 is 4.80 Å². The molecule has 0 unspecified atom stereocenters. The van der Waals surface area contributed by atoms with Gasteiger partial charge in [-0.05, 0) is 23.6 Å². The van der Waals surface area contributed by atoms with E-state index in [1.165, 1.54) is 11.3 Å². The third-order valence-electron chi connectivity index (χ3n) is 5.22. The molecule has 7 heteroatoms. The summed E-state index contributed by atoms with van der Waals surface area (Å²) in [6.07, 6.45) is 5.55. The number of rotatable bonds is 3. The molecule has 1 aliphatic heterocycles. The summed E-state index contributed by atoms with van der Waals surface area (Å²) in [6, 6.07) is 18.4. The van der Waals surface area contributed by atoms with Crippen LogP contribution in [0.25, 0.3) is 21.0 Å². The Hall–Kier alpha value is -4.02. The fraction of sp³-hybridized carbons (Fsp3) is 0.0833. The Kier molecular flexibility index (Phi) is 4.50. The molecule has 0 N–H and O–H groups in total. The summed E-state index contributed by atoms with van der Waals surface area (Å²) in [6.45, 7) is -0.172. The van der Waals surface area contributed by atoms with Crippen LogP contribution >= 0.6 is 11.3 Å². The van der Waals surface area contributed by atoms with Crippen LogP contribution in [0.2, 0.25) is 0 Å². The van der Waals surface area contributed by atoms with Gasteiger partial charge in [-0.25, -0.2) is 0 Å². The van der Waals surface area contributed by atoms with Gasteiger partial charge in [-0.15, -0.1) is 6.42 Å². The summed E-state index contributed by atoms with van der Waals surface area (Å²) in [5.41, 5.74) is 1.49. The highest BCUT2D eigenvalue weighted by atomic mass is 32.1. The number of nitrogens with zero attached hydrogens (tertiary/aromatic N) is 3. The molecule has 0 bridgehead atoms. The van der Waals surface area contributed by atoms with Crippen molar-refractivity contribution in [3.8, 4) is 12.3 Å². The van der Waals surface area contributed by atoms with Gasteiger partial charge >= 0.3 is 0 Å². The van der Waals surface area contributed by atoms with Gasteiger partial charge in [0.2, 0.25) is 0 Å². The lowest BCUT2D eigenvalue weighted by atomic mass is 10.1. The Morgan fingerprint density at radius 3 is 2.35 bits per heavy atom. The van der Waals surface area contributed by atoms with E-state index in [0.29, 0.717) is 15.9 Å². The van der Waals surface area contributed by atoms with E-state index in [4.69, 9.17) is 6.42 Å². The smallest absolute Gasteiger partial charge is 0.268 e. The molecule has 0 aliphatic carbocycles. The van der Waals surface area contributed by atoms with Crippen LogP contribution in [0.4, 0.5) is 0 Å². The number of aromatic nitrogens is 1. The van der Waals surface area contributed by atoms with Crippen molar-refractivity contribution in [3.05, 3.63) is 76.6 Å². The van der Waals surface area contributed by atoms with Gasteiger partial charge in [0.15, 0.2) is 4.80 Å². The number of imide groups is 1. The lowest BCUT2D eigenvalue weighted by molar-refractivity contribution is -0.118. The third-order valence-corrected chi connectivity index (χ3v) is 6.34. The van der Waals surface area contributed by atoms with Crippen LogP contribution in [0.1, 0.15) is 20.7 Å². The van der Waals surface area contributed by atoms with Crippen molar-refractivity contribution in [1.29, 1.82) is 0 Å². The van der Waals surface area contributed by atoms with Crippen LogP contribution in [0.3, 0.4) is 0 Å². The summed E-state index contributed by atoms with van der Waals surface area (Å²) in [4.78, 5) is 43.4. The quantitative estimate of drug-likeness (QED) is 0.374. The fourth-order valence-electron chi connectivity index (χ4n) is 3.79. The maximum absolute atomic E-state index is 12.7. The predicted octanol–water partition coefficient (Wildman–Crippen LogP) is 3.21. The molecule has 0 saturated carbocycles. The number of hydrogen-bond acceptors (Lipinski definition) is 4. The number of terminal acetylenes is 1. The molecule has 2 heterocycles. The van der Waals surface area contributed by atoms with Crippen LogP contribution in [-0.2, 0) is 11.3 Å². The molecule has 0 spiro atoms. The van der Waals surface area contributed by atoms with Crippen molar-refractivity contribution in [1.82, 2.24) is 9.47 Å². The standard InChI is InChI=1S/C24H15N3O3S/c1-2-13-26-19-12-11-15-7-3-4-8-16(15)21(19)31-24(26)25-20(28)14-27-22(29)17-9-5-6-10-18(17)23(27)30/h1,3-12H,13-14H2. The number of hydrogen-bond donors (Lipinski definition) is 0. The first-order valence-electron chi connectivity index (χ1n) is 9.56. The monoisotopic (exact) mass is 425 g/mol. The topological polar surface area (TPSA) is 71.7 Å². The fourth-order valence-corrected chi connectivity index (χ4v) is 4.97. The predicted molar refractivity (Wildman–Crippen MR) is 119 cm³/mol. The minimum Gasteiger partial charge on any atom is -0.305 e. The van der Waals surface area contributed by atoms with Crippen LogP contribution in [0.5, 0.6) is 0 Å². The van der Waals surface area contributed by atoms with Gasteiger partial charge in [0, 0.05) is 5.39 Å². The first-order valence-corrected chi connectivity index (χ1v) is 10.4. The Morgan fingerprint density at radius 1 is 0.968 bits per heavy atom. The van der Waals surface area contributed by atoms with E-state index in [9.17, 15) is 14.4 Å². The summed E-state index contributed by atoms with van der Waals surface area (Å²) in [5.74, 6) is 1.05. The van der Waals surface area contributed by atoms with E-state index < -0.39 is 24.3 Å². The van der Waals surface area contributed by atoms with E-state index in [-0.39, 0.29) is 6.54 Å². The summed E-state index contributed by atoms with van der Waals surface area (Å²) < 4.78 is 2.77. The second-order valence-corrected chi connectivity index (χ2v) is 8.03. The Bertz CT molecular complexity index is 1490. The lowest BCUT2D eigenvalue weighted by Gasteiger charge is -2.10. The van der Waals surface area contributed by atoms with Gasteiger partial charge in [-0.1, -0.05) is 59.7 Å². The van der Waals surface area contributed by atoms with Gasteiger partial charge in [-0.2, -0.15) is 4.99 Å². The Labute approximate surface area is 181 Å². The molecule has 0 radical (unpaired) electrons. The maximum atomic E-state index is 12.7. The van der Waals surface area contributed by atoms with Crippen LogP contribution in [0, 0.1) is 12.3 Å². The number of benzene rings is 3. The number of thiazole rings is 1. The highest BCUT2D eigenvalue weighted by molar-refractivity contribution is 7.17. The number of carbonyl (C=O) groups excluding carboxylic acids is 3. The first-order chi connectivity index (χ1) is 15.1. The zero-order chi connectivity index (χ0) is 21.5. The largest absolute Gasteiger partial charge is 0.305 e. The van der Waals surface area contributed by atoms with E-state index in [0.717, 1.165) is 25.9 Å². The van der Waals surface area contributed by atoms with Gasteiger partial charge in [0.1, 0.15) is 6.54 Å².